The summed E-state index contributed by atoms with van der Waals surface area (Å²) in [7, 11) is 0. The monoisotopic (exact) mass is 557 g/mol. The van der Waals surface area contributed by atoms with E-state index in [0.717, 1.165) is 36.4 Å². The van der Waals surface area contributed by atoms with Crippen LogP contribution in [0.3, 0.4) is 0 Å². The Kier molecular flexibility index (Phi) is 7.82. The molecule has 39 heavy (non-hydrogen) atoms. The number of anilines is 2. The van der Waals surface area contributed by atoms with Crippen molar-refractivity contribution in [1.82, 2.24) is 14.9 Å². The van der Waals surface area contributed by atoms with Crippen molar-refractivity contribution in [2.45, 2.75) is 12.7 Å². The number of rotatable bonds is 6. The van der Waals surface area contributed by atoms with E-state index >= 15 is 0 Å². The molecular formula is C27H23ClF3N5O3. The lowest BCUT2D eigenvalue weighted by Gasteiger charge is -2.26. The number of nitrogens with zero attached hydrogens (tertiary/aromatic N) is 3. The molecule has 12 heteroatoms. The number of fused-ring (bicyclic) bond motifs is 1. The predicted molar refractivity (Wildman–Crippen MR) is 141 cm³/mol. The standard InChI is InChI=1S/C27H23ClF3N5O3/c28-23-7-3-18(13-22(23)27(29,30)31)35-26(37)34-17-1-4-20(5-2-17)39-21-6-8-24-25(14-21)33-19(15-32-24)16-36-9-11-38-12-10-36/h1-8,13-15H,9-12,16H2,(H2,34,35,37). The molecule has 8 nitrogen and oxygen atoms in total. The summed E-state index contributed by atoms with van der Waals surface area (Å²) in [4.78, 5) is 23.8. The molecule has 1 aliphatic rings. The van der Waals surface area contributed by atoms with E-state index in [-0.39, 0.29) is 5.69 Å². The van der Waals surface area contributed by atoms with Gasteiger partial charge in [-0.2, -0.15) is 13.2 Å². The van der Waals surface area contributed by atoms with Crippen LogP contribution in [0, 0.1) is 0 Å². The Balaban J connectivity index is 1.20. The molecule has 1 aromatic heterocycles. The molecule has 4 aromatic rings. The van der Waals surface area contributed by atoms with Crippen molar-refractivity contribution in [3.05, 3.63) is 83.1 Å². The second kappa shape index (κ2) is 11.4. The van der Waals surface area contributed by atoms with Gasteiger partial charge >= 0.3 is 12.2 Å². The van der Waals surface area contributed by atoms with Crippen LogP contribution in [0.2, 0.25) is 5.02 Å². The molecule has 0 spiro atoms. The molecule has 202 valence electrons. The lowest BCUT2D eigenvalue weighted by molar-refractivity contribution is -0.137. The number of benzene rings is 3. The Hall–Kier alpha value is -3.93. The Morgan fingerprint density at radius 3 is 2.38 bits per heavy atom. The number of halogens is 4. The van der Waals surface area contributed by atoms with Crippen molar-refractivity contribution < 1.29 is 27.4 Å². The zero-order valence-corrected chi connectivity index (χ0v) is 21.2. The van der Waals surface area contributed by atoms with Crippen molar-refractivity contribution >= 4 is 40.0 Å². The van der Waals surface area contributed by atoms with Crippen molar-refractivity contribution in [2.24, 2.45) is 0 Å². The Labute approximate surface area is 226 Å². The van der Waals surface area contributed by atoms with Gasteiger partial charge in [-0.1, -0.05) is 11.6 Å². The van der Waals surface area contributed by atoms with Gasteiger partial charge < -0.3 is 20.1 Å². The highest BCUT2D eigenvalue weighted by atomic mass is 35.5. The second-order valence-electron chi connectivity index (χ2n) is 8.80. The number of ether oxygens (including phenoxy) is 2. The third kappa shape index (κ3) is 6.94. The number of hydrogen-bond donors (Lipinski definition) is 2. The summed E-state index contributed by atoms with van der Waals surface area (Å²) in [5, 5.41) is 4.49. The Morgan fingerprint density at radius 2 is 1.64 bits per heavy atom. The summed E-state index contributed by atoms with van der Waals surface area (Å²) < 4.78 is 50.5. The minimum absolute atomic E-state index is 0.0447. The van der Waals surface area contributed by atoms with Crippen LogP contribution < -0.4 is 15.4 Å². The lowest BCUT2D eigenvalue weighted by atomic mass is 10.2. The van der Waals surface area contributed by atoms with Gasteiger partial charge in [0.1, 0.15) is 11.5 Å². The maximum Gasteiger partial charge on any atom is 0.417 e. The SMILES string of the molecule is O=C(Nc1ccc(Oc2ccc3ncc(CN4CCOCC4)nc3c2)cc1)Nc1ccc(Cl)c(C(F)(F)F)c1. The van der Waals surface area contributed by atoms with Crippen molar-refractivity contribution in [3.8, 4) is 11.5 Å². The topological polar surface area (TPSA) is 88.6 Å². The summed E-state index contributed by atoms with van der Waals surface area (Å²) in [6.07, 6.45) is -2.85. The third-order valence-electron chi connectivity index (χ3n) is 5.93. The summed E-state index contributed by atoms with van der Waals surface area (Å²) >= 11 is 5.62. The quantitative estimate of drug-likeness (QED) is 0.279. The van der Waals surface area contributed by atoms with Crippen LogP contribution >= 0.6 is 11.6 Å². The fourth-order valence-corrected chi connectivity index (χ4v) is 4.24. The van der Waals surface area contributed by atoms with Crippen molar-refractivity contribution in [1.29, 1.82) is 0 Å². The number of morpholine rings is 1. The largest absolute Gasteiger partial charge is 0.457 e. The van der Waals surface area contributed by atoms with E-state index in [1.54, 1.807) is 36.5 Å². The average molecular weight is 558 g/mol. The van der Waals surface area contributed by atoms with Crippen LogP contribution in [0.15, 0.2) is 66.9 Å². The molecule has 0 radical (unpaired) electrons. The van der Waals surface area contributed by atoms with E-state index in [1.807, 2.05) is 12.1 Å². The fraction of sp³-hybridized carbons (Fsp3) is 0.222. The summed E-state index contributed by atoms with van der Waals surface area (Å²) in [6.45, 7) is 3.83. The van der Waals surface area contributed by atoms with Gasteiger partial charge in [-0.3, -0.25) is 9.88 Å². The van der Waals surface area contributed by atoms with Crippen LogP contribution in [-0.4, -0.2) is 47.2 Å². The van der Waals surface area contributed by atoms with Crippen molar-refractivity contribution in [2.75, 3.05) is 36.9 Å². The van der Waals surface area contributed by atoms with Gasteiger partial charge in [0.05, 0.1) is 46.7 Å². The van der Waals surface area contributed by atoms with Crippen LogP contribution in [0.4, 0.5) is 29.3 Å². The summed E-state index contributed by atoms with van der Waals surface area (Å²) in [5.74, 6) is 1.09. The Bertz CT molecular complexity index is 1480. The molecule has 3 aromatic carbocycles. The minimum Gasteiger partial charge on any atom is -0.457 e. The fourth-order valence-electron chi connectivity index (χ4n) is 4.01. The molecule has 2 heterocycles. The second-order valence-corrected chi connectivity index (χ2v) is 9.21. The molecular weight excluding hydrogens is 535 g/mol. The third-order valence-corrected chi connectivity index (χ3v) is 6.26. The molecule has 5 rings (SSSR count). The summed E-state index contributed by atoms with van der Waals surface area (Å²) in [6, 6.07) is 14.4. The van der Waals surface area contributed by atoms with Gasteiger partial charge in [0.25, 0.3) is 0 Å². The van der Waals surface area contributed by atoms with Crippen LogP contribution in [0.1, 0.15) is 11.3 Å². The van der Waals surface area contributed by atoms with Crippen LogP contribution in [0.5, 0.6) is 11.5 Å². The van der Waals surface area contributed by atoms with Crippen LogP contribution in [-0.2, 0) is 17.5 Å². The smallest absolute Gasteiger partial charge is 0.417 e. The van der Waals surface area contributed by atoms with E-state index in [0.29, 0.717) is 42.5 Å². The van der Waals surface area contributed by atoms with Gasteiger partial charge in [0.2, 0.25) is 0 Å². The molecule has 0 unspecified atom stereocenters. The average Bonchev–Trinajstić information content (AvgIpc) is 2.91. The van der Waals surface area contributed by atoms with Gasteiger partial charge in [-0.05, 0) is 54.6 Å². The highest BCUT2D eigenvalue weighted by Crippen LogP contribution is 2.36. The Morgan fingerprint density at radius 1 is 0.949 bits per heavy atom. The molecule has 0 saturated carbocycles. The first-order valence-corrected chi connectivity index (χ1v) is 12.4. The normalized spacial score (nSPS) is 14.3. The number of hydrogen-bond acceptors (Lipinski definition) is 6. The van der Waals surface area contributed by atoms with Crippen LogP contribution in [0.25, 0.3) is 11.0 Å². The van der Waals surface area contributed by atoms with Crippen molar-refractivity contribution in [3.63, 3.8) is 0 Å². The molecule has 1 saturated heterocycles. The zero-order chi connectivity index (χ0) is 27.4. The number of alkyl halides is 3. The molecule has 0 atom stereocenters. The van der Waals surface area contributed by atoms with E-state index < -0.39 is 22.8 Å². The first-order chi connectivity index (χ1) is 18.7. The van der Waals surface area contributed by atoms with E-state index in [1.165, 1.54) is 6.07 Å². The van der Waals surface area contributed by atoms with Gasteiger partial charge in [0, 0.05) is 37.1 Å². The van der Waals surface area contributed by atoms with E-state index in [4.69, 9.17) is 26.1 Å². The number of nitrogens with one attached hydrogen (secondary N) is 2. The van der Waals surface area contributed by atoms with Gasteiger partial charge in [-0.15, -0.1) is 0 Å². The molecule has 0 bridgehead atoms. The van der Waals surface area contributed by atoms with Gasteiger partial charge in [-0.25, -0.2) is 9.78 Å². The first-order valence-electron chi connectivity index (χ1n) is 12.0. The number of urea groups is 1. The van der Waals surface area contributed by atoms with Gasteiger partial charge in [0.15, 0.2) is 0 Å². The number of aromatic nitrogens is 2. The zero-order valence-electron chi connectivity index (χ0n) is 20.5. The molecule has 1 fully saturated rings. The van der Waals surface area contributed by atoms with E-state index in [9.17, 15) is 18.0 Å². The number of carbonyl (C=O) groups excluding carboxylic acids is 1. The molecule has 2 amide bonds. The molecule has 1 aliphatic heterocycles. The maximum absolute atomic E-state index is 13.1. The summed E-state index contributed by atoms with van der Waals surface area (Å²) in [5.41, 5.74) is 1.67. The number of amides is 2. The predicted octanol–water partition coefficient (Wildman–Crippen LogP) is 6.57. The van der Waals surface area contributed by atoms with E-state index in [2.05, 4.69) is 20.5 Å². The molecule has 0 aliphatic carbocycles. The highest BCUT2D eigenvalue weighted by Gasteiger charge is 2.33. The minimum atomic E-state index is -4.64. The lowest BCUT2D eigenvalue weighted by Crippen LogP contribution is -2.35. The number of carbonyl (C=O) groups is 1. The maximum atomic E-state index is 13.1. The highest BCUT2D eigenvalue weighted by molar-refractivity contribution is 6.31. The molecule has 2 N–H and O–H groups in total. The first kappa shape index (κ1) is 26.7.